The third-order valence-corrected chi connectivity index (χ3v) is 9.97. The molecule has 0 spiro atoms. The molecule has 1 aliphatic carbocycles. The molecular weight excluding hydrogens is 416 g/mol. The van der Waals surface area contributed by atoms with Gasteiger partial charge in [0, 0.05) is 24.0 Å². The lowest BCUT2D eigenvalue weighted by atomic mass is 10.3. The summed E-state index contributed by atoms with van der Waals surface area (Å²) in [6.07, 6.45) is 3.99. The molecule has 152 valence electrons. The van der Waals surface area contributed by atoms with E-state index in [1.54, 1.807) is 27.8 Å². The van der Waals surface area contributed by atoms with Crippen molar-refractivity contribution in [1.29, 1.82) is 0 Å². The van der Waals surface area contributed by atoms with Crippen molar-refractivity contribution in [1.82, 2.24) is 4.31 Å². The third-order valence-electron chi connectivity index (χ3n) is 5.19. The highest BCUT2D eigenvalue weighted by Gasteiger charge is 2.38. The monoisotopic (exact) mass is 440 g/mol. The van der Waals surface area contributed by atoms with Crippen molar-refractivity contribution in [2.45, 2.75) is 43.0 Å². The summed E-state index contributed by atoms with van der Waals surface area (Å²) >= 11 is 1.64. The molecule has 1 aromatic carbocycles. The summed E-state index contributed by atoms with van der Waals surface area (Å²) in [6, 6.07) is 10.4. The van der Waals surface area contributed by atoms with Crippen LogP contribution in [-0.2, 0) is 26.5 Å². The highest BCUT2D eigenvalue weighted by atomic mass is 32.2. The average molecular weight is 441 g/mol. The van der Waals surface area contributed by atoms with E-state index in [1.807, 2.05) is 17.5 Å². The van der Waals surface area contributed by atoms with Gasteiger partial charge in [-0.15, -0.1) is 11.3 Å². The van der Waals surface area contributed by atoms with E-state index in [1.165, 1.54) is 21.3 Å². The van der Waals surface area contributed by atoms with Crippen LogP contribution in [0.4, 0.5) is 5.69 Å². The van der Waals surface area contributed by atoms with Crippen LogP contribution in [0.3, 0.4) is 0 Å². The zero-order chi connectivity index (χ0) is 19.8. The van der Waals surface area contributed by atoms with Crippen LogP contribution in [0, 0.1) is 0 Å². The summed E-state index contributed by atoms with van der Waals surface area (Å²) in [6.45, 7) is 0.916. The summed E-state index contributed by atoms with van der Waals surface area (Å²) in [4.78, 5) is 1.40. The van der Waals surface area contributed by atoms with Gasteiger partial charge in [-0.05, 0) is 67.8 Å². The Bertz CT molecular complexity index is 1010. The van der Waals surface area contributed by atoms with Crippen molar-refractivity contribution < 1.29 is 16.8 Å². The quantitative estimate of drug-likeness (QED) is 0.663. The SMILES string of the molecule is O=S1(=O)CCCCN1c1ccc(S(=O)(=O)N(CCc2cccs2)C2CC2)cc1. The van der Waals surface area contributed by atoms with Crippen molar-refractivity contribution in [2.24, 2.45) is 0 Å². The summed E-state index contributed by atoms with van der Waals surface area (Å²) in [7, 11) is -6.90. The number of nitrogens with zero attached hydrogens (tertiary/aromatic N) is 2. The van der Waals surface area contributed by atoms with Crippen molar-refractivity contribution in [2.75, 3.05) is 23.1 Å². The van der Waals surface area contributed by atoms with Gasteiger partial charge in [0.1, 0.15) is 0 Å². The van der Waals surface area contributed by atoms with E-state index in [0.717, 1.165) is 19.3 Å². The number of rotatable bonds is 7. The Balaban J connectivity index is 1.54. The fourth-order valence-electron chi connectivity index (χ4n) is 3.54. The van der Waals surface area contributed by atoms with E-state index in [4.69, 9.17) is 0 Å². The molecule has 2 fully saturated rings. The molecule has 1 saturated carbocycles. The Hall–Kier alpha value is -1.42. The first kappa shape index (κ1) is 19.9. The summed E-state index contributed by atoms with van der Waals surface area (Å²) in [5.74, 6) is 0.144. The molecule has 0 atom stereocenters. The van der Waals surface area contributed by atoms with Crippen LogP contribution in [0.15, 0.2) is 46.7 Å². The molecule has 2 aromatic rings. The number of anilines is 1. The molecule has 0 unspecified atom stereocenters. The Morgan fingerprint density at radius 3 is 2.46 bits per heavy atom. The van der Waals surface area contributed by atoms with Gasteiger partial charge in [0.25, 0.3) is 0 Å². The topological polar surface area (TPSA) is 74.8 Å². The van der Waals surface area contributed by atoms with Crippen molar-refractivity contribution >= 4 is 37.1 Å². The van der Waals surface area contributed by atoms with E-state index in [-0.39, 0.29) is 16.7 Å². The molecule has 0 N–H and O–H groups in total. The first-order chi connectivity index (χ1) is 13.4. The summed E-state index contributed by atoms with van der Waals surface area (Å²) in [5, 5.41) is 2.00. The minimum Gasteiger partial charge on any atom is -0.270 e. The minimum atomic E-state index is -3.60. The second-order valence-electron chi connectivity index (χ2n) is 7.27. The zero-order valence-electron chi connectivity index (χ0n) is 15.5. The molecule has 6 nitrogen and oxygen atoms in total. The van der Waals surface area contributed by atoms with E-state index in [2.05, 4.69) is 0 Å². The molecule has 9 heteroatoms. The van der Waals surface area contributed by atoms with Crippen LogP contribution in [0.25, 0.3) is 0 Å². The van der Waals surface area contributed by atoms with Gasteiger partial charge in [0.15, 0.2) is 0 Å². The predicted octanol–water partition coefficient (Wildman–Crippen LogP) is 3.07. The number of sulfonamides is 2. The van der Waals surface area contributed by atoms with Gasteiger partial charge < -0.3 is 0 Å². The van der Waals surface area contributed by atoms with Crippen molar-refractivity contribution in [3.8, 4) is 0 Å². The molecule has 2 aliphatic rings. The number of benzene rings is 1. The molecule has 28 heavy (non-hydrogen) atoms. The lowest BCUT2D eigenvalue weighted by Gasteiger charge is -2.28. The highest BCUT2D eigenvalue weighted by Crippen LogP contribution is 2.33. The lowest BCUT2D eigenvalue weighted by molar-refractivity contribution is 0.408. The molecule has 1 saturated heterocycles. The second-order valence-corrected chi connectivity index (χ2v) is 12.2. The standard InChI is InChI=1S/C19H24N2O4S3/c22-27(23)15-2-1-12-20(27)16-7-9-19(10-8-16)28(24,25)21(17-5-6-17)13-11-18-4-3-14-26-18/h3-4,7-10,14,17H,1-2,5-6,11-13,15H2. The maximum Gasteiger partial charge on any atom is 0.243 e. The number of thiophene rings is 1. The average Bonchev–Trinajstić information content (AvgIpc) is 3.36. The van der Waals surface area contributed by atoms with E-state index in [9.17, 15) is 16.8 Å². The molecule has 4 rings (SSSR count). The van der Waals surface area contributed by atoms with Gasteiger partial charge in [0.05, 0.1) is 16.3 Å². The van der Waals surface area contributed by atoms with Gasteiger partial charge >= 0.3 is 0 Å². The van der Waals surface area contributed by atoms with Gasteiger partial charge in [-0.1, -0.05) is 6.07 Å². The highest BCUT2D eigenvalue weighted by molar-refractivity contribution is 7.92. The molecule has 0 amide bonds. The van der Waals surface area contributed by atoms with E-state index < -0.39 is 20.0 Å². The minimum absolute atomic E-state index is 0.0760. The molecular formula is C19H24N2O4S3. The zero-order valence-corrected chi connectivity index (χ0v) is 18.0. The van der Waals surface area contributed by atoms with Crippen LogP contribution in [0.5, 0.6) is 0 Å². The molecule has 1 aromatic heterocycles. The number of hydrogen-bond donors (Lipinski definition) is 0. The largest absolute Gasteiger partial charge is 0.270 e. The smallest absolute Gasteiger partial charge is 0.243 e. The fourth-order valence-corrected chi connectivity index (χ4v) is 7.56. The van der Waals surface area contributed by atoms with Gasteiger partial charge in [-0.3, -0.25) is 4.31 Å². The lowest BCUT2D eigenvalue weighted by Crippen LogP contribution is -2.38. The Morgan fingerprint density at radius 1 is 1.11 bits per heavy atom. The summed E-state index contributed by atoms with van der Waals surface area (Å²) in [5.41, 5.74) is 0.537. The first-order valence-electron chi connectivity index (χ1n) is 9.53. The molecule has 1 aliphatic heterocycles. The van der Waals surface area contributed by atoms with Gasteiger partial charge in [-0.25, -0.2) is 16.8 Å². The molecule has 2 heterocycles. The van der Waals surface area contributed by atoms with Crippen molar-refractivity contribution in [3.63, 3.8) is 0 Å². The molecule has 0 radical (unpaired) electrons. The Kier molecular flexibility index (Phi) is 5.52. The van der Waals surface area contributed by atoms with Crippen LogP contribution in [-0.4, -0.2) is 46.0 Å². The predicted molar refractivity (Wildman–Crippen MR) is 112 cm³/mol. The normalized spacial score (nSPS) is 19.8. The first-order valence-corrected chi connectivity index (χ1v) is 13.5. The van der Waals surface area contributed by atoms with E-state index >= 15 is 0 Å². The van der Waals surface area contributed by atoms with Crippen molar-refractivity contribution in [3.05, 3.63) is 46.7 Å². The Morgan fingerprint density at radius 2 is 1.86 bits per heavy atom. The van der Waals surface area contributed by atoms with Crippen LogP contribution < -0.4 is 4.31 Å². The molecule has 0 bridgehead atoms. The fraction of sp³-hybridized carbons (Fsp3) is 0.474. The van der Waals surface area contributed by atoms with Crippen LogP contribution >= 0.6 is 11.3 Å². The second kappa shape index (κ2) is 7.78. The maximum absolute atomic E-state index is 13.2. The Labute approximate surface area is 170 Å². The van der Waals surface area contributed by atoms with Gasteiger partial charge in [0.2, 0.25) is 20.0 Å². The van der Waals surface area contributed by atoms with Crippen LogP contribution in [0.1, 0.15) is 30.6 Å². The third kappa shape index (κ3) is 4.12. The van der Waals surface area contributed by atoms with E-state index in [0.29, 0.717) is 31.6 Å². The number of hydrogen-bond acceptors (Lipinski definition) is 5. The maximum atomic E-state index is 13.2. The van der Waals surface area contributed by atoms with Crippen LogP contribution in [0.2, 0.25) is 0 Å². The van der Waals surface area contributed by atoms with Gasteiger partial charge in [-0.2, -0.15) is 4.31 Å². The summed E-state index contributed by atoms with van der Waals surface area (Å²) < 4.78 is 53.9.